The zero-order valence-electron chi connectivity index (χ0n) is 10.1. The van der Waals surface area contributed by atoms with Gasteiger partial charge in [0.25, 0.3) is 0 Å². The van der Waals surface area contributed by atoms with Crippen molar-refractivity contribution in [1.82, 2.24) is 14.9 Å². The van der Waals surface area contributed by atoms with E-state index in [-0.39, 0.29) is 5.82 Å². The van der Waals surface area contributed by atoms with Crippen LogP contribution in [-0.4, -0.2) is 16.6 Å². The maximum Gasteiger partial charge on any atom is 0.126 e. The molecule has 0 fully saturated rings. The third-order valence-corrected chi connectivity index (χ3v) is 2.76. The SMILES string of the molecule is CNCc1ccc(F)c(Cc2nccn2C)c1. The van der Waals surface area contributed by atoms with E-state index in [4.69, 9.17) is 0 Å². The zero-order chi connectivity index (χ0) is 12.3. The molecule has 1 aromatic heterocycles. The third kappa shape index (κ3) is 2.71. The molecule has 0 amide bonds. The van der Waals surface area contributed by atoms with Gasteiger partial charge >= 0.3 is 0 Å². The van der Waals surface area contributed by atoms with Gasteiger partial charge in [0.1, 0.15) is 11.6 Å². The monoisotopic (exact) mass is 233 g/mol. The minimum atomic E-state index is -0.173. The molecule has 0 aliphatic carbocycles. The van der Waals surface area contributed by atoms with Gasteiger partial charge in [-0.3, -0.25) is 0 Å². The molecule has 0 atom stereocenters. The summed E-state index contributed by atoms with van der Waals surface area (Å²) in [6, 6.07) is 5.21. The summed E-state index contributed by atoms with van der Waals surface area (Å²) in [7, 11) is 3.79. The molecule has 0 aliphatic rings. The smallest absolute Gasteiger partial charge is 0.126 e. The number of nitrogens with one attached hydrogen (secondary N) is 1. The first kappa shape index (κ1) is 11.8. The number of benzene rings is 1. The fraction of sp³-hybridized carbons (Fsp3) is 0.308. The lowest BCUT2D eigenvalue weighted by molar-refractivity contribution is 0.608. The van der Waals surface area contributed by atoms with Gasteiger partial charge in [0.2, 0.25) is 0 Å². The van der Waals surface area contributed by atoms with Gasteiger partial charge < -0.3 is 9.88 Å². The van der Waals surface area contributed by atoms with Crippen molar-refractivity contribution in [2.45, 2.75) is 13.0 Å². The van der Waals surface area contributed by atoms with Crippen LogP contribution >= 0.6 is 0 Å². The number of aromatic nitrogens is 2. The van der Waals surface area contributed by atoms with E-state index >= 15 is 0 Å². The lowest BCUT2D eigenvalue weighted by atomic mass is 10.1. The van der Waals surface area contributed by atoms with Crippen LogP contribution in [-0.2, 0) is 20.0 Å². The van der Waals surface area contributed by atoms with Gasteiger partial charge in [-0.05, 0) is 24.2 Å². The van der Waals surface area contributed by atoms with E-state index in [2.05, 4.69) is 10.3 Å². The lowest BCUT2D eigenvalue weighted by Gasteiger charge is -2.07. The summed E-state index contributed by atoms with van der Waals surface area (Å²) >= 11 is 0. The largest absolute Gasteiger partial charge is 0.338 e. The molecule has 1 aromatic carbocycles. The van der Waals surface area contributed by atoms with E-state index in [1.165, 1.54) is 6.07 Å². The van der Waals surface area contributed by atoms with Gasteiger partial charge in [0.05, 0.1) is 0 Å². The van der Waals surface area contributed by atoms with Crippen molar-refractivity contribution in [2.75, 3.05) is 7.05 Å². The molecule has 0 spiro atoms. The molecule has 90 valence electrons. The van der Waals surface area contributed by atoms with E-state index in [0.29, 0.717) is 12.0 Å². The molecule has 0 bridgehead atoms. The third-order valence-electron chi connectivity index (χ3n) is 2.76. The van der Waals surface area contributed by atoms with Gasteiger partial charge in [0.15, 0.2) is 0 Å². The summed E-state index contributed by atoms with van der Waals surface area (Å²) < 4.78 is 15.6. The van der Waals surface area contributed by atoms with Crippen molar-refractivity contribution >= 4 is 0 Å². The average Bonchev–Trinajstić information content (AvgIpc) is 2.70. The normalized spacial score (nSPS) is 10.8. The van der Waals surface area contributed by atoms with Gasteiger partial charge in [-0.2, -0.15) is 0 Å². The number of halogens is 1. The first-order valence-corrected chi connectivity index (χ1v) is 5.59. The Bertz CT molecular complexity index is 505. The highest BCUT2D eigenvalue weighted by Gasteiger charge is 2.07. The first-order chi connectivity index (χ1) is 8.20. The van der Waals surface area contributed by atoms with E-state index < -0.39 is 0 Å². The summed E-state index contributed by atoms with van der Waals surface area (Å²) in [5.74, 6) is 0.693. The Hall–Kier alpha value is -1.68. The number of rotatable bonds is 4. The summed E-state index contributed by atoms with van der Waals surface area (Å²) in [5.41, 5.74) is 1.77. The highest BCUT2D eigenvalue weighted by Crippen LogP contribution is 2.14. The second-order valence-electron chi connectivity index (χ2n) is 4.09. The molecule has 2 rings (SSSR count). The molecular formula is C13H16FN3. The van der Waals surface area contributed by atoms with Gasteiger partial charge in [-0.15, -0.1) is 0 Å². The minimum Gasteiger partial charge on any atom is -0.338 e. The molecule has 4 heteroatoms. The van der Waals surface area contributed by atoms with Crippen LogP contribution in [0.25, 0.3) is 0 Å². The molecule has 0 saturated carbocycles. The van der Waals surface area contributed by atoms with E-state index in [1.54, 1.807) is 12.3 Å². The average molecular weight is 233 g/mol. The van der Waals surface area contributed by atoms with Gasteiger partial charge in [0, 0.05) is 32.4 Å². The van der Waals surface area contributed by atoms with Crippen molar-refractivity contribution in [2.24, 2.45) is 7.05 Å². The number of imidazole rings is 1. The van der Waals surface area contributed by atoms with Crippen LogP contribution < -0.4 is 5.32 Å². The maximum absolute atomic E-state index is 13.7. The Kier molecular flexibility index (Phi) is 3.54. The number of hydrogen-bond acceptors (Lipinski definition) is 2. The highest BCUT2D eigenvalue weighted by atomic mass is 19.1. The molecule has 0 radical (unpaired) electrons. The molecule has 0 unspecified atom stereocenters. The zero-order valence-corrected chi connectivity index (χ0v) is 10.1. The van der Waals surface area contributed by atoms with Gasteiger partial charge in [-0.25, -0.2) is 9.37 Å². The molecule has 3 nitrogen and oxygen atoms in total. The lowest BCUT2D eigenvalue weighted by Crippen LogP contribution is -2.07. The molecule has 0 saturated heterocycles. The molecular weight excluding hydrogens is 217 g/mol. The van der Waals surface area contributed by atoms with Gasteiger partial charge in [-0.1, -0.05) is 12.1 Å². The number of nitrogens with zero attached hydrogens (tertiary/aromatic N) is 2. The summed E-state index contributed by atoms with van der Waals surface area (Å²) in [6.45, 7) is 0.744. The van der Waals surface area contributed by atoms with Crippen molar-refractivity contribution in [1.29, 1.82) is 0 Å². The van der Waals surface area contributed by atoms with E-state index in [9.17, 15) is 4.39 Å². The van der Waals surface area contributed by atoms with Crippen LogP contribution in [0.15, 0.2) is 30.6 Å². The Morgan fingerprint density at radius 3 is 2.88 bits per heavy atom. The van der Waals surface area contributed by atoms with Crippen molar-refractivity contribution in [3.63, 3.8) is 0 Å². The van der Waals surface area contributed by atoms with Crippen LogP contribution in [0.3, 0.4) is 0 Å². The van der Waals surface area contributed by atoms with Crippen molar-refractivity contribution < 1.29 is 4.39 Å². The topological polar surface area (TPSA) is 29.9 Å². The van der Waals surface area contributed by atoms with Crippen LogP contribution in [0, 0.1) is 5.82 Å². The molecule has 17 heavy (non-hydrogen) atoms. The first-order valence-electron chi connectivity index (χ1n) is 5.59. The maximum atomic E-state index is 13.7. The highest BCUT2D eigenvalue weighted by molar-refractivity contribution is 5.27. The fourth-order valence-electron chi connectivity index (χ4n) is 1.81. The fourth-order valence-corrected chi connectivity index (χ4v) is 1.81. The van der Waals surface area contributed by atoms with Crippen LogP contribution in [0.1, 0.15) is 17.0 Å². The minimum absolute atomic E-state index is 0.173. The Morgan fingerprint density at radius 1 is 1.41 bits per heavy atom. The Labute approximate surface area is 100 Å². The van der Waals surface area contributed by atoms with E-state index in [0.717, 1.165) is 17.9 Å². The summed E-state index contributed by atoms with van der Waals surface area (Å²) in [6.07, 6.45) is 4.11. The second kappa shape index (κ2) is 5.10. The molecule has 1 heterocycles. The van der Waals surface area contributed by atoms with E-state index in [1.807, 2.05) is 30.9 Å². The number of hydrogen-bond donors (Lipinski definition) is 1. The quantitative estimate of drug-likeness (QED) is 0.873. The van der Waals surface area contributed by atoms with Crippen LogP contribution in [0.4, 0.5) is 4.39 Å². The predicted molar refractivity (Wildman–Crippen MR) is 65.2 cm³/mol. The molecule has 2 aromatic rings. The summed E-state index contributed by atoms with van der Waals surface area (Å²) in [5, 5.41) is 3.06. The second-order valence-corrected chi connectivity index (χ2v) is 4.09. The number of aryl methyl sites for hydroxylation is 1. The van der Waals surface area contributed by atoms with Crippen molar-refractivity contribution in [3.8, 4) is 0 Å². The van der Waals surface area contributed by atoms with Crippen LogP contribution in [0.2, 0.25) is 0 Å². The standard InChI is InChI=1S/C13H16FN3/c1-15-9-10-3-4-12(14)11(7-10)8-13-16-5-6-17(13)2/h3-7,15H,8-9H2,1-2H3. The van der Waals surface area contributed by atoms with Crippen molar-refractivity contribution in [3.05, 3.63) is 53.4 Å². The molecule has 1 N–H and O–H groups in total. The van der Waals surface area contributed by atoms with Crippen LogP contribution in [0.5, 0.6) is 0 Å². The summed E-state index contributed by atoms with van der Waals surface area (Å²) in [4.78, 5) is 4.21. The Balaban J connectivity index is 2.25. The molecule has 0 aliphatic heterocycles. The Morgan fingerprint density at radius 2 is 2.24 bits per heavy atom. The predicted octanol–water partition coefficient (Wildman–Crippen LogP) is 1.87.